The molecule has 7 heteroatoms. The van der Waals surface area contributed by atoms with Crippen molar-refractivity contribution < 1.29 is 19.1 Å². The fraction of sp³-hybridized carbons (Fsp3) is 0.147. The molecule has 1 fully saturated rings. The molecular weight excluding hydrogens is 514 g/mol. The Hall–Kier alpha value is -5.17. The first-order chi connectivity index (χ1) is 20.1. The Morgan fingerprint density at radius 2 is 1.59 bits per heavy atom. The number of hydrogen-bond acceptors (Lipinski definition) is 5. The summed E-state index contributed by atoms with van der Waals surface area (Å²) >= 11 is 0. The van der Waals surface area contributed by atoms with Crippen LogP contribution in [0.4, 0.5) is 5.69 Å². The molecule has 0 radical (unpaired) electrons. The van der Waals surface area contributed by atoms with E-state index in [-0.39, 0.29) is 24.2 Å². The predicted molar refractivity (Wildman–Crippen MR) is 161 cm³/mol. The molecule has 1 amide bonds. The van der Waals surface area contributed by atoms with Crippen LogP contribution in [0.2, 0.25) is 0 Å². The number of aliphatic imine (C=N–C) groups is 1. The number of nitrogens with zero attached hydrogens (tertiary/aromatic N) is 3. The third-order valence-corrected chi connectivity index (χ3v) is 7.13. The van der Waals surface area contributed by atoms with Gasteiger partial charge in [-0.2, -0.15) is 4.99 Å². The lowest BCUT2D eigenvalue weighted by Gasteiger charge is -2.14. The van der Waals surface area contributed by atoms with Crippen molar-refractivity contribution in [1.82, 2.24) is 9.47 Å². The third kappa shape index (κ3) is 5.10. The van der Waals surface area contributed by atoms with Gasteiger partial charge in [-0.1, -0.05) is 36.4 Å². The van der Waals surface area contributed by atoms with E-state index in [0.29, 0.717) is 17.9 Å². The minimum atomic E-state index is -0.279. The normalized spacial score (nSPS) is 15.3. The van der Waals surface area contributed by atoms with Crippen molar-refractivity contribution in [1.29, 1.82) is 0 Å². The van der Waals surface area contributed by atoms with Crippen LogP contribution in [0.3, 0.4) is 0 Å². The van der Waals surface area contributed by atoms with Gasteiger partial charge in [-0.25, -0.2) is 0 Å². The van der Waals surface area contributed by atoms with Gasteiger partial charge in [0.1, 0.15) is 12.0 Å². The van der Waals surface area contributed by atoms with E-state index in [2.05, 4.69) is 40.7 Å². The number of aromatic nitrogens is 1. The number of carbonyl (C=O) groups excluding carboxylic acids is 2. The lowest BCUT2D eigenvalue weighted by molar-refractivity contribution is -0.123. The van der Waals surface area contributed by atoms with Crippen LogP contribution in [-0.4, -0.2) is 34.3 Å². The second kappa shape index (κ2) is 11.1. The number of para-hydroxylation sites is 1. The largest absolute Gasteiger partial charge is 0.494 e. The fourth-order valence-electron chi connectivity index (χ4n) is 5.16. The number of carbonyl (C=O) groups is 2. The van der Waals surface area contributed by atoms with Crippen LogP contribution in [0.25, 0.3) is 27.9 Å². The standard InChI is InChI=1S/C34H29N3O4/c1-3-36-30-8-6-5-7-28(30)29-19-25(13-18-31(29)36)20-32-33(39)37(21-23-11-16-27(17-12-23)40-4-2)34(41-32)35-26-14-9-24(22-38)10-15-26/h5-20,22H,3-4,21H2,1-2H3/b32-20+,35-34-. The van der Waals surface area contributed by atoms with Gasteiger partial charge in [0.15, 0.2) is 5.76 Å². The second-order valence-electron chi connectivity index (χ2n) is 9.72. The second-order valence-corrected chi connectivity index (χ2v) is 9.72. The Morgan fingerprint density at radius 1 is 0.854 bits per heavy atom. The summed E-state index contributed by atoms with van der Waals surface area (Å²) in [6, 6.07) is 29.1. The van der Waals surface area contributed by atoms with E-state index in [1.54, 1.807) is 30.3 Å². The summed E-state index contributed by atoms with van der Waals surface area (Å²) < 4.78 is 13.9. The van der Waals surface area contributed by atoms with E-state index in [0.717, 1.165) is 40.6 Å². The van der Waals surface area contributed by atoms with Crippen molar-refractivity contribution in [3.63, 3.8) is 0 Å². The molecule has 1 aliphatic rings. The van der Waals surface area contributed by atoms with E-state index in [4.69, 9.17) is 9.47 Å². The molecule has 0 saturated carbocycles. The highest BCUT2D eigenvalue weighted by Crippen LogP contribution is 2.31. The minimum Gasteiger partial charge on any atom is -0.494 e. The number of amidine groups is 1. The van der Waals surface area contributed by atoms with Crippen molar-refractivity contribution in [3.8, 4) is 5.75 Å². The molecule has 1 saturated heterocycles. The zero-order valence-electron chi connectivity index (χ0n) is 22.9. The van der Waals surface area contributed by atoms with E-state index < -0.39 is 0 Å². The molecule has 1 aromatic heterocycles. The number of aldehydes is 1. The quantitative estimate of drug-likeness (QED) is 0.154. The van der Waals surface area contributed by atoms with Gasteiger partial charge < -0.3 is 14.0 Å². The number of aryl methyl sites for hydroxylation is 1. The summed E-state index contributed by atoms with van der Waals surface area (Å²) in [6.45, 7) is 5.79. The lowest BCUT2D eigenvalue weighted by atomic mass is 10.1. The van der Waals surface area contributed by atoms with Crippen molar-refractivity contribution in [2.75, 3.05) is 6.61 Å². The van der Waals surface area contributed by atoms with Gasteiger partial charge in [0, 0.05) is 33.9 Å². The average Bonchev–Trinajstić information content (AvgIpc) is 3.47. The minimum absolute atomic E-state index is 0.178. The Balaban J connectivity index is 1.37. The number of amides is 1. The van der Waals surface area contributed by atoms with Crippen LogP contribution in [-0.2, 0) is 22.6 Å². The predicted octanol–water partition coefficient (Wildman–Crippen LogP) is 7.11. The number of benzene rings is 4. The highest BCUT2D eigenvalue weighted by molar-refractivity contribution is 6.12. The topological polar surface area (TPSA) is 73.1 Å². The summed E-state index contributed by atoms with van der Waals surface area (Å²) in [4.78, 5) is 30.9. The molecule has 0 unspecified atom stereocenters. The molecular formula is C34H29N3O4. The van der Waals surface area contributed by atoms with Crippen molar-refractivity contribution >= 4 is 51.8 Å². The van der Waals surface area contributed by atoms with Crippen LogP contribution in [0.15, 0.2) is 102 Å². The number of fused-ring (bicyclic) bond motifs is 3. The fourth-order valence-corrected chi connectivity index (χ4v) is 5.16. The monoisotopic (exact) mass is 543 g/mol. The molecule has 41 heavy (non-hydrogen) atoms. The van der Waals surface area contributed by atoms with Gasteiger partial charge in [0.2, 0.25) is 0 Å². The first-order valence-corrected chi connectivity index (χ1v) is 13.7. The molecule has 204 valence electrons. The smallest absolute Gasteiger partial charge is 0.305 e. The molecule has 0 spiro atoms. The maximum Gasteiger partial charge on any atom is 0.305 e. The Labute approximate surface area is 237 Å². The van der Waals surface area contributed by atoms with Crippen LogP contribution < -0.4 is 4.74 Å². The molecule has 0 aliphatic carbocycles. The molecule has 0 bridgehead atoms. The van der Waals surface area contributed by atoms with Gasteiger partial charge >= 0.3 is 6.02 Å². The highest BCUT2D eigenvalue weighted by atomic mass is 16.5. The first kappa shape index (κ1) is 26.1. The molecule has 2 heterocycles. The summed E-state index contributed by atoms with van der Waals surface area (Å²) in [5.41, 5.74) is 5.21. The van der Waals surface area contributed by atoms with Gasteiger partial charge in [-0.05, 0) is 85.6 Å². The Kier molecular flexibility index (Phi) is 7.08. The summed E-state index contributed by atoms with van der Waals surface area (Å²) in [6.07, 6.45) is 2.54. The molecule has 5 aromatic rings. The molecule has 6 rings (SSSR count). The number of rotatable bonds is 8. The maximum absolute atomic E-state index is 13.7. The molecule has 7 nitrogen and oxygen atoms in total. The lowest BCUT2D eigenvalue weighted by Crippen LogP contribution is -2.29. The maximum atomic E-state index is 13.7. The number of hydrogen-bond donors (Lipinski definition) is 0. The zero-order valence-corrected chi connectivity index (χ0v) is 22.9. The van der Waals surface area contributed by atoms with Crippen LogP contribution in [0.1, 0.15) is 35.3 Å². The molecule has 1 aliphatic heterocycles. The summed E-state index contributed by atoms with van der Waals surface area (Å²) in [5.74, 6) is 0.681. The van der Waals surface area contributed by atoms with Crippen molar-refractivity contribution in [3.05, 3.63) is 113 Å². The molecule has 4 aromatic carbocycles. The third-order valence-electron chi connectivity index (χ3n) is 7.13. The first-order valence-electron chi connectivity index (χ1n) is 13.7. The van der Waals surface area contributed by atoms with Crippen LogP contribution in [0.5, 0.6) is 5.75 Å². The Morgan fingerprint density at radius 3 is 2.32 bits per heavy atom. The van der Waals surface area contributed by atoms with Crippen LogP contribution >= 0.6 is 0 Å². The van der Waals surface area contributed by atoms with Gasteiger partial charge in [0.05, 0.1) is 18.8 Å². The SMILES string of the molecule is CCOc1ccc(CN2C(=O)/C(=C\c3ccc4c(c3)c3ccccc3n4CC)O/C2=N\c2ccc(C=O)cc2)cc1. The van der Waals surface area contributed by atoms with Crippen molar-refractivity contribution in [2.24, 2.45) is 4.99 Å². The van der Waals surface area contributed by atoms with Gasteiger partial charge in [-0.3, -0.25) is 14.5 Å². The highest BCUT2D eigenvalue weighted by Gasteiger charge is 2.35. The van der Waals surface area contributed by atoms with E-state index in [1.807, 2.05) is 49.4 Å². The number of ether oxygens (including phenoxy) is 2. The average molecular weight is 544 g/mol. The van der Waals surface area contributed by atoms with E-state index in [1.165, 1.54) is 15.8 Å². The van der Waals surface area contributed by atoms with Gasteiger partial charge in [0.25, 0.3) is 5.91 Å². The Bertz CT molecular complexity index is 1820. The van der Waals surface area contributed by atoms with Gasteiger partial charge in [-0.15, -0.1) is 0 Å². The summed E-state index contributed by atoms with van der Waals surface area (Å²) in [5, 5.41) is 2.29. The molecule has 0 N–H and O–H groups in total. The molecule has 0 atom stereocenters. The summed E-state index contributed by atoms with van der Waals surface area (Å²) in [7, 11) is 0. The van der Waals surface area contributed by atoms with Crippen LogP contribution in [0, 0.1) is 0 Å². The van der Waals surface area contributed by atoms with E-state index >= 15 is 0 Å². The zero-order chi connectivity index (χ0) is 28.3. The van der Waals surface area contributed by atoms with Crippen molar-refractivity contribution in [2.45, 2.75) is 26.9 Å². The van der Waals surface area contributed by atoms with E-state index in [9.17, 15) is 9.59 Å².